The molecule has 2 rings (SSSR count). The van der Waals surface area contributed by atoms with Crippen molar-refractivity contribution in [1.82, 2.24) is 0 Å². The molecule has 0 radical (unpaired) electrons. The van der Waals surface area contributed by atoms with Gasteiger partial charge in [-0.25, -0.2) is 13.2 Å². The predicted molar refractivity (Wildman–Crippen MR) is 78.9 cm³/mol. The van der Waals surface area contributed by atoms with Crippen molar-refractivity contribution in [3.05, 3.63) is 63.0 Å². The predicted octanol–water partition coefficient (Wildman–Crippen LogP) is 3.85. The number of halogens is 4. The van der Waals surface area contributed by atoms with Crippen LogP contribution in [0.25, 0.3) is 0 Å². The van der Waals surface area contributed by atoms with Gasteiger partial charge in [0, 0.05) is 15.8 Å². The van der Waals surface area contributed by atoms with Crippen molar-refractivity contribution in [3.63, 3.8) is 0 Å². The zero-order valence-corrected chi connectivity index (χ0v) is 12.4. The van der Waals surface area contributed by atoms with Crippen LogP contribution in [0.2, 0.25) is 0 Å². The molecule has 0 aliphatic carbocycles. The normalized spacial score (nSPS) is 12.2. The van der Waals surface area contributed by atoms with Gasteiger partial charge in [-0.2, -0.15) is 0 Å². The van der Waals surface area contributed by atoms with Gasteiger partial charge in [-0.1, -0.05) is 6.07 Å². The lowest BCUT2D eigenvalue weighted by Crippen LogP contribution is -2.13. The van der Waals surface area contributed by atoms with Crippen molar-refractivity contribution in [2.75, 3.05) is 11.9 Å². The highest BCUT2D eigenvalue weighted by Crippen LogP contribution is 2.21. The molecule has 0 aliphatic rings. The van der Waals surface area contributed by atoms with Crippen molar-refractivity contribution >= 4 is 28.3 Å². The van der Waals surface area contributed by atoms with Gasteiger partial charge >= 0.3 is 0 Å². The van der Waals surface area contributed by atoms with Gasteiger partial charge in [0.25, 0.3) is 0 Å². The first-order valence-electron chi connectivity index (χ1n) is 5.79. The van der Waals surface area contributed by atoms with Crippen LogP contribution in [0.5, 0.6) is 0 Å². The van der Waals surface area contributed by atoms with E-state index in [1.165, 1.54) is 18.2 Å². The Kier molecular flexibility index (Phi) is 4.87. The zero-order chi connectivity index (χ0) is 14.7. The Morgan fingerprint density at radius 1 is 1.05 bits per heavy atom. The summed E-state index contributed by atoms with van der Waals surface area (Å²) in [5.41, 5.74) is 0.933. The van der Waals surface area contributed by atoms with Crippen molar-refractivity contribution in [3.8, 4) is 0 Å². The molecule has 0 fully saturated rings. The quantitative estimate of drug-likeness (QED) is 0.774. The smallest absolute Gasteiger partial charge is 0.159 e. The Morgan fingerprint density at radius 2 is 1.80 bits per heavy atom. The summed E-state index contributed by atoms with van der Waals surface area (Å²) in [5.74, 6) is -2.30. The second-order valence-electron chi connectivity index (χ2n) is 4.19. The van der Waals surface area contributed by atoms with Crippen LogP contribution in [0, 0.1) is 21.0 Å². The van der Waals surface area contributed by atoms with Crippen LogP contribution in [-0.4, -0.2) is 11.7 Å². The molecule has 1 atom stereocenters. The van der Waals surface area contributed by atoms with Gasteiger partial charge in [-0.05, 0) is 58.5 Å². The summed E-state index contributed by atoms with van der Waals surface area (Å²) < 4.78 is 39.5. The molecule has 2 aromatic rings. The Bertz CT molecular complexity index is 621. The molecule has 0 aliphatic heterocycles. The van der Waals surface area contributed by atoms with E-state index in [0.717, 1.165) is 12.1 Å². The highest BCUT2D eigenvalue weighted by atomic mass is 127. The van der Waals surface area contributed by atoms with Crippen LogP contribution >= 0.6 is 22.6 Å². The van der Waals surface area contributed by atoms with Gasteiger partial charge in [-0.15, -0.1) is 0 Å². The topological polar surface area (TPSA) is 32.3 Å². The largest absolute Gasteiger partial charge is 0.387 e. The van der Waals surface area contributed by atoms with Gasteiger partial charge in [-0.3, -0.25) is 0 Å². The maximum absolute atomic E-state index is 13.1. The van der Waals surface area contributed by atoms with Crippen LogP contribution in [-0.2, 0) is 0 Å². The van der Waals surface area contributed by atoms with E-state index in [-0.39, 0.29) is 17.9 Å². The minimum absolute atomic E-state index is 0.104. The molecule has 2 nitrogen and oxygen atoms in total. The Hall–Kier alpha value is -1.28. The summed E-state index contributed by atoms with van der Waals surface area (Å²) in [4.78, 5) is 0. The van der Waals surface area contributed by atoms with Crippen molar-refractivity contribution < 1.29 is 18.3 Å². The van der Waals surface area contributed by atoms with Crippen LogP contribution < -0.4 is 5.32 Å². The van der Waals surface area contributed by atoms with E-state index < -0.39 is 17.7 Å². The van der Waals surface area contributed by atoms with E-state index in [4.69, 9.17) is 0 Å². The number of anilines is 1. The molecule has 106 valence electrons. The Labute approximate surface area is 127 Å². The van der Waals surface area contributed by atoms with Gasteiger partial charge in [0.1, 0.15) is 5.82 Å². The fourth-order valence-electron chi connectivity index (χ4n) is 1.68. The maximum Gasteiger partial charge on any atom is 0.159 e. The Morgan fingerprint density at radius 3 is 2.45 bits per heavy atom. The zero-order valence-electron chi connectivity index (χ0n) is 10.2. The Balaban J connectivity index is 2.04. The molecule has 1 unspecified atom stereocenters. The first-order valence-corrected chi connectivity index (χ1v) is 6.87. The number of benzene rings is 2. The molecule has 0 saturated carbocycles. The summed E-state index contributed by atoms with van der Waals surface area (Å²) in [7, 11) is 0. The summed E-state index contributed by atoms with van der Waals surface area (Å²) in [5, 5.41) is 12.8. The third-order valence-corrected chi connectivity index (χ3v) is 3.64. The van der Waals surface area contributed by atoms with E-state index >= 15 is 0 Å². The highest BCUT2D eigenvalue weighted by molar-refractivity contribution is 14.1. The first-order chi connectivity index (χ1) is 9.47. The third kappa shape index (κ3) is 3.63. The molecule has 0 saturated heterocycles. The lowest BCUT2D eigenvalue weighted by molar-refractivity contribution is 0.191. The fraction of sp³-hybridized carbons (Fsp3) is 0.143. The van der Waals surface area contributed by atoms with Crippen LogP contribution in [0.1, 0.15) is 11.7 Å². The molecule has 6 heteroatoms. The minimum Gasteiger partial charge on any atom is -0.387 e. The maximum atomic E-state index is 13.1. The monoisotopic (exact) mass is 393 g/mol. The number of hydrogen-bond acceptors (Lipinski definition) is 2. The van der Waals surface area contributed by atoms with Crippen LogP contribution in [0.3, 0.4) is 0 Å². The van der Waals surface area contributed by atoms with Gasteiger partial charge in [0.15, 0.2) is 11.6 Å². The highest BCUT2D eigenvalue weighted by Gasteiger charge is 2.11. The van der Waals surface area contributed by atoms with Gasteiger partial charge in [0.2, 0.25) is 0 Å². The lowest BCUT2D eigenvalue weighted by atomic mass is 10.1. The molecular weight excluding hydrogens is 382 g/mol. The fourth-order valence-corrected chi connectivity index (χ4v) is 2.34. The second-order valence-corrected chi connectivity index (χ2v) is 5.36. The molecular formula is C14H11F3INO. The number of aliphatic hydroxyl groups excluding tert-OH is 1. The van der Waals surface area contributed by atoms with Crippen molar-refractivity contribution in [2.45, 2.75) is 6.10 Å². The first kappa shape index (κ1) is 15.1. The van der Waals surface area contributed by atoms with E-state index in [9.17, 15) is 18.3 Å². The number of nitrogens with one attached hydrogen (secondary N) is 1. The number of hydrogen-bond donors (Lipinski definition) is 2. The summed E-state index contributed by atoms with van der Waals surface area (Å²) in [6, 6.07) is 7.45. The van der Waals surface area contributed by atoms with E-state index in [2.05, 4.69) is 5.32 Å². The van der Waals surface area contributed by atoms with Crippen molar-refractivity contribution in [1.29, 1.82) is 0 Å². The molecule has 0 bridgehead atoms. The van der Waals surface area contributed by atoms with E-state index in [1.807, 2.05) is 22.6 Å². The van der Waals surface area contributed by atoms with E-state index in [1.54, 1.807) is 6.07 Å². The van der Waals surface area contributed by atoms with Crippen LogP contribution in [0.4, 0.5) is 18.9 Å². The average Bonchev–Trinajstić information content (AvgIpc) is 2.40. The average molecular weight is 393 g/mol. The van der Waals surface area contributed by atoms with E-state index in [0.29, 0.717) is 9.26 Å². The molecule has 20 heavy (non-hydrogen) atoms. The lowest BCUT2D eigenvalue weighted by Gasteiger charge is -2.14. The molecule has 0 amide bonds. The molecule has 0 heterocycles. The number of aliphatic hydroxyl groups is 1. The van der Waals surface area contributed by atoms with Crippen molar-refractivity contribution in [2.24, 2.45) is 0 Å². The van der Waals surface area contributed by atoms with Gasteiger partial charge < -0.3 is 10.4 Å². The second kappa shape index (κ2) is 6.45. The SMILES string of the molecule is OC(CNc1ccc(F)cc1I)c1ccc(F)c(F)c1. The molecule has 0 spiro atoms. The summed E-state index contributed by atoms with van der Waals surface area (Å²) in [6.45, 7) is 0.104. The minimum atomic E-state index is -1.00. The standard InChI is InChI=1S/C14H11F3INO/c15-9-2-4-13(12(18)6-9)19-7-14(20)8-1-3-10(16)11(17)5-8/h1-6,14,19-20H,7H2. The third-order valence-electron chi connectivity index (χ3n) is 2.75. The molecule has 2 aromatic carbocycles. The van der Waals surface area contributed by atoms with Gasteiger partial charge in [0.05, 0.1) is 6.10 Å². The molecule has 2 N–H and O–H groups in total. The molecule has 0 aromatic heterocycles. The summed E-state index contributed by atoms with van der Waals surface area (Å²) >= 11 is 1.96. The van der Waals surface area contributed by atoms with Crippen LogP contribution in [0.15, 0.2) is 36.4 Å². The summed E-state index contributed by atoms with van der Waals surface area (Å²) in [6.07, 6.45) is -0.994. The number of rotatable bonds is 4.